The van der Waals surface area contributed by atoms with E-state index in [-0.39, 0.29) is 5.96 Å². The van der Waals surface area contributed by atoms with E-state index in [4.69, 9.17) is 16.1 Å². The molecule has 0 atom stereocenters. The first-order chi connectivity index (χ1) is 4.18. The Morgan fingerprint density at radius 1 is 1.78 bits per heavy atom. The van der Waals surface area contributed by atoms with Crippen molar-refractivity contribution < 1.29 is 0 Å². The monoisotopic (exact) mass is 143 g/mol. The zero-order valence-corrected chi connectivity index (χ0v) is 5.25. The molecule has 0 aliphatic carbocycles. The summed E-state index contributed by atoms with van der Waals surface area (Å²) in [5, 5.41) is 23.2. The maximum atomic E-state index is 7.65. The van der Waals surface area contributed by atoms with Gasteiger partial charge >= 0.3 is 0 Å². The van der Waals surface area contributed by atoms with E-state index in [0.29, 0.717) is 0 Å². The molecule has 0 unspecified atom stereocenters. The molecule has 0 spiro atoms. The molecule has 0 fully saturated rings. The van der Waals surface area contributed by atoms with Crippen LogP contribution in [0.4, 0.5) is 0 Å². The summed E-state index contributed by atoms with van der Waals surface area (Å²) in [7, 11) is 0. The summed E-state index contributed by atoms with van der Waals surface area (Å²) in [5.74, 6) is -0.322. The van der Waals surface area contributed by atoms with Crippen molar-refractivity contribution in [1.82, 2.24) is 5.32 Å². The van der Waals surface area contributed by atoms with E-state index >= 15 is 0 Å². The molecule has 5 N–H and O–H groups in total. The van der Waals surface area contributed by atoms with Gasteiger partial charge in [0.2, 0.25) is 0 Å². The van der Waals surface area contributed by atoms with Gasteiger partial charge in [0, 0.05) is 0 Å². The molecule has 0 rings (SSSR count). The Balaban J connectivity index is 0. The van der Waals surface area contributed by atoms with E-state index in [1.165, 1.54) is 6.19 Å². The van der Waals surface area contributed by atoms with Crippen molar-refractivity contribution in [2.45, 2.75) is 0 Å². The third-order valence-corrected chi connectivity index (χ3v) is 0.191. The molecule has 48 valence electrons. The van der Waals surface area contributed by atoms with Crippen LogP contribution in [0.15, 0.2) is 0 Å². The van der Waals surface area contributed by atoms with Crippen LogP contribution in [0.3, 0.4) is 0 Å². The number of nitriles is 1. The second kappa shape index (κ2) is 9.75. The van der Waals surface area contributed by atoms with E-state index in [1.807, 2.05) is 5.32 Å². The van der Waals surface area contributed by atoms with Gasteiger partial charge in [0.05, 0.1) is 5.16 Å². The lowest BCUT2D eigenvalue weighted by Gasteiger charge is -1.82. The lowest BCUT2D eigenvalue weighted by atomic mass is 11.0. The third-order valence-electron chi connectivity index (χ3n) is 0.191. The highest BCUT2D eigenvalue weighted by molar-refractivity contribution is 7.78. The van der Waals surface area contributed by atoms with Crippen LogP contribution >= 0.6 is 12.2 Å². The van der Waals surface area contributed by atoms with Crippen molar-refractivity contribution in [3.63, 3.8) is 0 Å². The molecule has 0 amide bonds. The highest BCUT2D eigenvalue weighted by Crippen LogP contribution is 1.37. The fourth-order valence-corrected chi connectivity index (χ4v) is 0.0602. The average molecular weight is 143 g/mol. The summed E-state index contributed by atoms with van der Waals surface area (Å²) in [6.45, 7) is 0. The molecule has 0 aromatic rings. The number of hydrogen-bond acceptors (Lipinski definition) is 4. The van der Waals surface area contributed by atoms with Gasteiger partial charge in [-0.1, -0.05) is 0 Å². The highest BCUT2D eigenvalue weighted by Gasteiger charge is 1.73. The molecule has 0 aliphatic heterocycles. The first-order valence-corrected chi connectivity index (χ1v) is 2.12. The van der Waals surface area contributed by atoms with Crippen LogP contribution in [0.5, 0.6) is 0 Å². The fourth-order valence-electron chi connectivity index (χ4n) is 0.0602. The smallest absolute Gasteiger partial charge is 0.199 e. The predicted molar refractivity (Wildman–Crippen MR) is 36.0 cm³/mol. The Hall–Kier alpha value is -1.44. The SMILES string of the molecule is N#CNC(=N)N.N=C=S. The molecule has 0 heterocycles. The molecule has 9 heavy (non-hydrogen) atoms. The Kier molecular flexibility index (Phi) is 11.4. The lowest BCUT2D eigenvalue weighted by molar-refractivity contribution is 1.19. The Bertz CT molecular complexity index is 150. The number of nitrogens with zero attached hydrogens (tertiary/aromatic N) is 1. The van der Waals surface area contributed by atoms with Crippen LogP contribution in [-0.4, -0.2) is 11.1 Å². The van der Waals surface area contributed by atoms with Crippen LogP contribution in [0.2, 0.25) is 0 Å². The summed E-state index contributed by atoms with van der Waals surface area (Å²) in [6, 6.07) is 0. The van der Waals surface area contributed by atoms with Crippen molar-refractivity contribution in [3.05, 3.63) is 0 Å². The van der Waals surface area contributed by atoms with Crippen LogP contribution in [0, 0.1) is 22.3 Å². The van der Waals surface area contributed by atoms with Gasteiger partial charge in [0.15, 0.2) is 12.2 Å². The van der Waals surface area contributed by atoms with E-state index in [1.54, 1.807) is 5.16 Å². The molecule has 0 saturated carbocycles. The molecular formula is C3H5N5S. The maximum Gasteiger partial charge on any atom is 0.199 e. The Morgan fingerprint density at radius 3 is 2.11 bits per heavy atom. The Morgan fingerprint density at radius 2 is 2.11 bits per heavy atom. The molecule has 0 aromatic heterocycles. The average Bonchev–Trinajstić information content (AvgIpc) is 1.67. The summed E-state index contributed by atoms with van der Waals surface area (Å²) in [6.07, 6.45) is 1.47. The van der Waals surface area contributed by atoms with Gasteiger partial charge < -0.3 is 5.73 Å². The van der Waals surface area contributed by atoms with Crippen LogP contribution in [-0.2, 0) is 0 Å². The minimum atomic E-state index is -0.322. The molecule has 6 heteroatoms. The molecule has 0 saturated heterocycles. The maximum absolute atomic E-state index is 7.65. The second-order valence-corrected chi connectivity index (χ2v) is 0.957. The summed E-state index contributed by atoms with van der Waals surface area (Å²) in [5.41, 5.74) is 4.65. The van der Waals surface area contributed by atoms with Crippen molar-refractivity contribution in [1.29, 1.82) is 16.1 Å². The second-order valence-electron chi connectivity index (χ2n) is 0.753. The van der Waals surface area contributed by atoms with Crippen molar-refractivity contribution >= 4 is 23.3 Å². The normalized spacial score (nSPS) is 4.78. The van der Waals surface area contributed by atoms with Gasteiger partial charge in [-0.15, -0.1) is 0 Å². The zero-order valence-electron chi connectivity index (χ0n) is 4.43. The van der Waals surface area contributed by atoms with Crippen molar-refractivity contribution in [2.24, 2.45) is 5.73 Å². The number of guanidine groups is 1. The van der Waals surface area contributed by atoms with E-state index in [2.05, 4.69) is 18.0 Å². The topological polar surface area (TPSA) is 110 Å². The number of rotatable bonds is 0. The molecule has 0 radical (unpaired) electrons. The molecule has 0 bridgehead atoms. The lowest BCUT2D eigenvalue weighted by Crippen LogP contribution is -2.25. The third kappa shape index (κ3) is 56.1. The standard InChI is InChI=1S/C2H4N4.CHNS/c3-1-6-2(4)5;2-1-3/h(H4,4,5,6);2H. The van der Waals surface area contributed by atoms with Gasteiger partial charge in [-0.25, -0.2) is 5.41 Å². The van der Waals surface area contributed by atoms with Gasteiger partial charge in [0.1, 0.15) is 0 Å². The van der Waals surface area contributed by atoms with Crippen molar-refractivity contribution in [2.75, 3.05) is 0 Å². The first kappa shape index (κ1) is 10.5. The number of thiocarbonyl (C=S) groups is 1. The van der Waals surface area contributed by atoms with Gasteiger partial charge in [-0.3, -0.25) is 10.7 Å². The van der Waals surface area contributed by atoms with Gasteiger partial charge in [-0.2, -0.15) is 5.26 Å². The van der Waals surface area contributed by atoms with Crippen LogP contribution in [0.25, 0.3) is 0 Å². The summed E-state index contributed by atoms with van der Waals surface area (Å²) < 4.78 is 0. The summed E-state index contributed by atoms with van der Waals surface area (Å²) >= 11 is 3.81. The molecule has 0 aliphatic rings. The van der Waals surface area contributed by atoms with Gasteiger partial charge in [-0.05, 0) is 12.2 Å². The molecule has 0 aromatic carbocycles. The number of isothiocyanates is 1. The predicted octanol–water partition coefficient (Wildman–Crippen LogP) is -0.381. The Labute approximate surface area is 57.5 Å². The van der Waals surface area contributed by atoms with Crippen LogP contribution in [0.1, 0.15) is 0 Å². The number of hydrogen-bond donors (Lipinski definition) is 4. The largest absolute Gasteiger partial charge is 0.369 e. The minimum Gasteiger partial charge on any atom is -0.369 e. The zero-order chi connectivity index (χ0) is 7.70. The van der Waals surface area contributed by atoms with E-state index in [0.717, 1.165) is 0 Å². The number of nitrogens with two attached hydrogens (primary N) is 1. The summed E-state index contributed by atoms with van der Waals surface area (Å²) in [4.78, 5) is 0. The van der Waals surface area contributed by atoms with Crippen molar-refractivity contribution in [3.8, 4) is 6.19 Å². The van der Waals surface area contributed by atoms with Gasteiger partial charge in [0.25, 0.3) is 0 Å². The fraction of sp³-hybridized carbons (Fsp3) is 0. The minimum absolute atomic E-state index is 0.322. The van der Waals surface area contributed by atoms with E-state index in [9.17, 15) is 0 Å². The quantitative estimate of drug-likeness (QED) is 0.122. The molecule has 5 nitrogen and oxygen atoms in total. The van der Waals surface area contributed by atoms with Crippen LogP contribution < -0.4 is 11.1 Å². The molecular weight excluding hydrogens is 138 g/mol. The highest BCUT2D eigenvalue weighted by atomic mass is 32.1. The van der Waals surface area contributed by atoms with E-state index < -0.39 is 0 Å². The number of nitrogens with one attached hydrogen (secondary N) is 3. The first-order valence-electron chi connectivity index (χ1n) is 1.72.